The van der Waals surface area contributed by atoms with Crippen LogP contribution in [-0.2, 0) is 10.2 Å². The number of carbonyl (C=O) groups is 2. The van der Waals surface area contributed by atoms with Crippen LogP contribution in [0.2, 0.25) is 0 Å². The van der Waals surface area contributed by atoms with E-state index in [1.807, 2.05) is 73.7 Å². The molecule has 0 saturated heterocycles. The molecule has 1 aromatic heterocycles. The molecule has 2 heterocycles. The van der Waals surface area contributed by atoms with Crippen molar-refractivity contribution in [2.24, 2.45) is 0 Å². The predicted molar refractivity (Wildman–Crippen MR) is 164 cm³/mol. The van der Waals surface area contributed by atoms with Crippen LogP contribution in [0.25, 0.3) is 10.6 Å². The number of ketones is 1. The van der Waals surface area contributed by atoms with Crippen molar-refractivity contribution in [1.29, 1.82) is 0 Å². The minimum Gasteiger partial charge on any atom is -0.503 e. The molecule has 0 saturated carbocycles. The van der Waals surface area contributed by atoms with E-state index in [1.165, 1.54) is 16.2 Å². The van der Waals surface area contributed by atoms with Gasteiger partial charge in [-0.15, -0.1) is 11.3 Å². The highest BCUT2D eigenvalue weighted by Gasteiger charge is 2.45. The first-order valence-electron chi connectivity index (χ1n) is 13.8. The van der Waals surface area contributed by atoms with Crippen LogP contribution in [0, 0.1) is 6.92 Å². The lowest BCUT2D eigenvalue weighted by Crippen LogP contribution is -2.31. The summed E-state index contributed by atoms with van der Waals surface area (Å²) in [5.74, 6) is -0.965. The van der Waals surface area contributed by atoms with E-state index >= 15 is 0 Å². The zero-order valence-corrected chi connectivity index (χ0v) is 24.8. The minimum absolute atomic E-state index is 0.0461. The third-order valence-corrected chi connectivity index (χ3v) is 8.34. The number of aliphatic hydroxyl groups excluding tert-OH is 1. The number of aliphatic hydroxyl groups is 1. The van der Waals surface area contributed by atoms with Gasteiger partial charge in [0.1, 0.15) is 10.8 Å². The molecule has 41 heavy (non-hydrogen) atoms. The number of carbonyl (C=O) groups excluding carboxylic acids is 2. The van der Waals surface area contributed by atoms with E-state index in [1.54, 1.807) is 19.1 Å². The fourth-order valence-corrected chi connectivity index (χ4v) is 5.99. The van der Waals surface area contributed by atoms with E-state index in [9.17, 15) is 14.7 Å². The predicted octanol–water partition coefficient (Wildman–Crippen LogP) is 7.99. The minimum atomic E-state index is -0.827. The summed E-state index contributed by atoms with van der Waals surface area (Å²) in [6.45, 7) is 10.7. The van der Waals surface area contributed by atoms with E-state index in [0.717, 1.165) is 23.1 Å². The standard InChI is InChI=1S/C34H34N2O4S/c1-6-19-40-26-14-10-13-25(20-26)36-28(22-15-17-24(18-16-22)34(3,4)5)27(30(38)33(36)39)29(37)31-21(2)35-32(41-31)23-11-8-7-9-12-23/h7-18,20,28,38H,6,19H2,1-5H3. The molecule has 6 nitrogen and oxygen atoms in total. The zero-order chi connectivity index (χ0) is 29.3. The van der Waals surface area contributed by atoms with Crippen molar-refractivity contribution in [3.8, 4) is 16.3 Å². The van der Waals surface area contributed by atoms with Gasteiger partial charge >= 0.3 is 0 Å². The number of hydrogen-bond acceptors (Lipinski definition) is 6. The number of anilines is 1. The molecule has 7 heteroatoms. The molecule has 3 aromatic carbocycles. The number of amides is 1. The number of rotatable bonds is 8. The third-order valence-electron chi connectivity index (χ3n) is 7.14. The molecule has 4 aromatic rings. The first kappa shape index (κ1) is 28.3. The summed E-state index contributed by atoms with van der Waals surface area (Å²) in [6.07, 6.45) is 0.843. The van der Waals surface area contributed by atoms with Crippen LogP contribution in [-0.4, -0.2) is 28.4 Å². The molecule has 1 unspecified atom stereocenters. The average molecular weight is 567 g/mol. The second-order valence-electron chi connectivity index (χ2n) is 11.2. The van der Waals surface area contributed by atoms with Gasteiger partial charge in [-0.05, 0) is 42.0 Å². The Morgan fingerprint density at radius 3 is 2.39 bits per heavy atom. The molecule has 0 fully saturated rings. The Hall–Kier alpha value is -4.23. The Kier molecular flexibility index (Phi) is 7.82. The summed E-state index contributed by atoms with van der Waals surface area (Å²) in [6, 6.07) is 23.9. The highest BCUT2D eigenvalue weighted by molar-refractivity contribution is 7.17. The van der Waals surface area contributed by atoms with Crippen molar-refractivity contribution in [3.63, 3.8) is 0 Å². The average Bonchev–Trinajstić information content (AvgIpc) is 3.48. The van der Waals surface area contributed by atoms with Crippen LogP contribution >= 0.6 is 11.3 Å². The molecular formula is C34H34N2O4S. The lowest BCUT2D eigenvalue weighted by Gasteiger charge is -2.28. The van der Waals surface area contributed by atoms with Gasteiger partial charge in [0.2, 0.25) is 5.78 Å². The third kappa shape index (κ3) is 5.55. The smallest absolute Gasteiger partial charge is 0.294 e. The van der Waals surface area contributed by atoms with Crippen LogP contribution in [0.1, 0.15) is 66.7 Å². The highest BCUT2D eigenvalue weighted by Crippen LogP contribution is 2.44. The zero-order valence-electron chi connectivity index (χ0n) is 24.0. The van der Waals surface area contributed by atoms with Crippen LogP contribution in [0.3, 0.4) is 0 Å². The Bertz CT molecular complexity index is 1610. The van der Waals surface area contributed by atoms with Gasteiger partial charge in [0.15, 0.2) is 5.76 Å². The van der Waals surface area contributed by atoms with Gasteiger partial charge < -0.3 is 9.84 Å². The fourth-order valence-electron chi connectivity index (χ4n) is 4.96. The number of hydrogen-bond donors (Lipinski definition) is 1. The maximum absolute atomic E-state index is 14.2. The van der Waals surface area contributed by atoms with Gasteiger partial charge in [0, 0.05) is 17.3 Å². The number of Topliss-reactive ketones (excluding diaryl/α,β-unsaturated/α-hetero) is 1. The molecule has 1 aliphatic heterocycles. The molecule has 0 bridgehead atoms. The fraction of sp³-hybridized carbons (Fsp3) is 0.265. The second-order valence-corrected chi connectivity index (χ2v) is 12.2. The Labute approximate surface area is 245 Å². The molecule has 210 valence electrons. The van der Waals surface area contributed by atoms with Gasteiger partial charge in [0.25, 0.3) is 5.91 Å². The van der Waals surface area contributed by atoms with Gasteiger partial charge in [-0.25, -0.2) is 4.98 Å². The van der Waals surface area contributed by atoms with E-state index in [4.69, 9.17) is 4.74 Å². The van der Waals surface area contributed by atoms with Gasteiger partial charge in [-0.3, -0.25) is 14.5 Å². The lowest BCUT2D eigenvalue weighted by atomic mass is 9.85. The van der Waals surface area contributed by atoms with Gasteiger partial charge in [-0.2, -0.15) is 0 Å². The number of thiazole rings is 1. The quantitative estimate of drug-likeness (QED) is 0.219. The van der Waals surface area contributed by atoms with Crippen LogP contribution in [0.15, 0.2) is 90.2 Å². The second kappa shape index (κ2) is 11.3. The molecule has 1 amide bonds. The SMILES string of the molecule is CCCOc1cccc(N2C(=O)C(O)=C(C(=O)c3sc(-c4ccccc4)nc3C)C2c2ccc(C(C)(C)C)cc2)c1. The number of benzene rings is 3. The van der Waals surface area contributed by atoms with Crippen molar-refractivity contribution in [2.45, 2.75) is 52.5 Å². The first-order valence-corrected chi connectivity index (χ1v) is 14.6. The maximum Gasteiger partial charge on any atom is 0.294 e. The molecule has 0 spiro atoms. The summed E-state index contributed by atoms with van der Waals surface area (Å²) < 4.78 is 5.83. The molecule has 0 aliphatic carbocycles. The Balaban J connectivity index is 1.61. The summed E-state index contributed by atoms with van der Waals surface area (Å²) in [7, 11) is 0. The molecular weight excluding hydrogens is 532 g/mol. The van der Waals surface area contributed by atoms with Crippen LogP contribution < -0.4 is 9.64 Å². The highest BCUT2D eigenvalue weighted by atomic mass is 32.1. The molecule has 1 atom stereocenters. The maximum atomic E-state index is 14.2. The van der Waals surface area contributed by atoms with Crippen molar-refractivity contribution in [1.82, 2.24) is 4.98 Å². The van der Waals surface area contributed by atoms with Gasteiger partial charge in [-0.1, -0.05) is 88.4 Å². The van der Waals surface area contributed by atoms with Crippen molar-refractivity contribution < 1.29 is 19.4 Å². The van der Waals surface area contributed by atoms with Crippen LogP contribution in [0.5, 0.6) is 5.75 Å². The van der Waals surface area contributed by atoms with Crippen molar-refractivity contribution in [2.75, 3.05) is 11.5 Å². The molecule has 0 radical (unpaired) electrons. The largest absolute Gasteiger partial charge is 0.503 e. The summed E-state index contributed by atoms with van der Waals surface area (Å²) >= 11 is 1.27. The van der Waals surface area contributed by atoms with E-state index in [-0.39, 0.29) is 11.0 Å². The Morgan fingerprint density at radius 2 is 1.73 bits per heavy atom. The number of aromatic nitrogens is 1. The summed E-state index contributed by atoms with van der Waals surface area (Å²) in [4.78, 5) is 34.5. The molecule has 1 aliphatic rings. The summed E-state index contributed by atoms with van der Waals surface area (Å²) in [5, 5.41) is 12.0. The molecule has 1 N–H and O–H groups in total. The van der Waals surface area contributed by atoms with Crippen molar-refractivity contribution in [3.05, 3.63) is 112 Å². The van der Waals surface area contributed by atoms with E-state index in [0.29, 0.717) is 33.6 Å². The lowest BCUT2D eigenvalue weighted by molar-refractivity contribution is -0.117. The monoisotopic (exact) mass is 566 g/mol. The number of nitrogens with zero attached hydrogens (tertiary/aromatic N) is 2. The summed E-state index contributed by atoms with van der Waals surface area (Å²) in [5.41, 5.74) is 3.82. The normalized spacial score (nSPS) is 15.5. The van der Waals surface area contributed by atoms with Gasteiger partial charge in [0.05, 0.1) is 28.8 Å². The van der Waals surface area contributed by atoms with Crippen LogP contribution in [0.4, 0.5) is 5.69 Å². The topological polar surface area (TPSA) is 79.7 Å². The van der Waals surface area contributed by atoms with E-state index < -0.39 is 23.5 Å². The number of aryl methyl sites for hydroxylation is 1. The van der Waals surface area contributed by atoms with Crippen molar-refractivity contribution >= 4 is 28.7 Å². The number of ether oxygens (including phenoxy) is 1. The molecule has 5 rings (SSSR count). The van der Waals surface area contributed by atoms with E-state index in [2.05, 4.69) is 25.8 Å². The first-order chi connectivity index (χ1) is 19.6. The Morgan fingerprint density at radius 1 is 1.02 bits per heavy atom.